The van der Waals surface area contributed by atoms with Gasteiger partial charge in [-0.3, -0.25) is 4.79 Å². The first-order valence-electron chi connectivity index (χ1n) is 7.56. The number of aromatic nitrogens is 1. The molecule has 2 aromatic rings. The zero-order valence-corrected chi connectivity index (χ0v) is 13.4. The molecule has 22 heavy (non-hydrogen) atoms. The Bertz CT molecular complexity index is 623. The molecule has 3 rings (SSSR count). The molecular formula is C16H20N2O3S. The third-order valence-electron chi connectivity index (χ3n) is 4.17. The highest BCUT2D eigenvalue weighted by Gasteiger charge is 2.29. The van der Waals surface area contributed by atoms with Crippen LogP contribution in [0.3, 0.4) is 0 Å². The van der Waals surface area contributed by atoms with Crippen molar-refractivity contribution in [3.05, 3.63) is 29.5 Å². The Morgan fingerprint density at radius 3 is 3.14 bits per heavy atom. The van der Waals surface area contributed by atoms with E-state index in [1.807, 2.05) is 22.4 Å². The van der Waals surface area contributed by atoms with Crippen LogP contribution in [-0.4, -0.2) is 40.1 Å². The number of oxazole rings is 1. The van der Waals surface area contributed by atoms with Gasteiger partial charge < -0.3 is 14.4 Å². The van der Waals surface area contributed by atoms with E-state index < -0.39 is 0 Å². The van der Waals surface area contributed by atoms with Gasteiger partial charge in [0.25, 0.3) is 0 Å². The van der Waals surface area contributed by atoms with Crippen LogP contribution in [0.25, 0.3) is 10.8 Å². The molecule has 1 amide bonds. The Morgan fingerprint density at radius 2 is 2.41 bits per heavy atom. The SMILES string of the molecule is CC1CCC(CO)CN1C(=O)Cc1coc(-c2cccs2)n1. The number of amides is 1. The zero-order valence-electron chi connectivity index (χ0n) is 12.6. The number of carbonyl (C=O) groups excluding carboxylic acids is 1. The normalized spacial score (nSPS) is 22.0. The van der Waals surface area contributed by atoms with E-state index in [-0.39, 0.29) is 30.9 Å². The molecule has 2 unspecified atom stereocenters. The standard InChI is InChI=1S/C16H20N2O3S/c1-11-4-5-12(9-19)8-18(11)15(20)7-13-10-21-16(17-13)14-3-2-6-22-14/h2-3,6,10-12,19H,4-5,7-9H2,1H3. The minimum Gasteiger partial charge on any atom is -0.444 e. The lowest BCUT2D eigenvalue weighted by Gasteiger charge is -2.37. The molecule has 0 spiro atoms. The summed E-state index contributed by atoms with van der Waals surface area (Å²) in [6.45, 7) is 2.83. The Hall–Kier alpha value is -1.66. The van der Waals surface area contributed by atoms with E-state index in [2.05, 4.69) is 11.9 Å². The summed E-state index contributed by atoms with van der Waals surface area (Å²) < 4.78 is 5.45. The summed E-state index contributed by atoms with van der Waals surface area (Å²) in [4.78, 5) is 19.7. The molecule has 0 aromatic carbocycles. The second kappa shape index (κ2) is 6.62. The van der Waals surface area contributed by atoms with E-state index in [1.54, 1.807) is 17.6 Å². The molecule has 1 aliphatic heterocycles. The van der Waals surface area contributed by atoms with Gasteiger partial charge in [-0.05, 0) is 37.1 Å². The first kappa shape index (κ1) is 15.2. The summed E-state index contributed by atoms with van der Waals surface area (Å²) in [5.41, 5.74) is 0.659. The average Bonchev–Trinajstić information content (AvgIpc) is 3.18. The van der Waals surface area contributed by atoms with Gasteiger partial charge in [0.2, 0.25) is 11.8 Å². The highest BCUT2D eigenvalue weighted by atomic mass is 32.1. The van der Waals surface area contributed by atoms with Crippen molar-refractivity contribution in [3.63, 3.8) is 0 Å². The summed E-state index contributed by atoms with van der Waals surface area (Å²) in [6.07, 6.45) is 3.73. The van der Waals surface area contributed by atoms with Gasteiger partial charge in [-0.25, -0.2) is 4.98 Å². The maximum Gasteiger partial charge on any atom is 0.236 e. The number of nitrogens with zero attached hydrogens (tertiary/aromatic N) is 2. The van der Waals surface area contributed by atoms with Gasteiger partial charge in [0, 0.05) is 19.2 Å². The fourth-order valence-corrected chi connectivity index (χ4v) is 3.49. The van der Waals surface area contributed by atoms with Crippen molar-refractivity contribution < 1.29 is 14.3 Å². The zero-order chi connectivity index (χ0) is 15.5. The smallest absolute Gasteiger partial charge is 0.236 e. The predicted octanol–water partition coefficient (Wildman–Crippen LogP) is 2.57. The van der Waals surface area contributed by atoms with Gasteiger partial charge in [-0.1, -0.05) is 6.07 Å². The molecule has 2 atom stereocenters. The highest BCUT2D eigenvalue weighted by Crippen LogP contribution is 2.25. The van der Waals surface area contributed by atoms with Crippen LogP contribution < -0.4 is 0 Å². The second-order valence-electron chi connectivity index (χ2n) is 5.82. The Labute approximate surface area is 133 Å². The van der Waals surface area contributed by atoms with Crippen LogP contribution in [0.4, 0.5) is 0 Å². The molecule has 2 aromatic heterocycles. The van der Waals surface area contributed by atoms with Crippen molar-refractivity contribution in [2.45, 2.75) is 32.2 Å². The molecule has 118 valence electrons. The molecule has 5 nitrogen and oxygen atoms in total. The highest BCUT2D eigenvalue weighted by molar-refractivity contribution is 7.13. The van der Waals surface area contributed by atoms with E-state index in [4.69, 9.17) is 4.42 Å². The Kier molecular flexibility index (Phi) is 4.59. The molecule has 1 aliphatic rings. The van der Waals surface area contributed by atoms with Crippen molar-refractivity contribution in [1.82, 2.24) is 9.88 Å². The first-order chi connectivity index (χ1) is 10.7. The Balaban J connectivity index is 1.66. The van der Waals surface area contributed by atoms with Crippen molar-refractivity contribution >= 4 is 17.2 Å². The molecular weight excluding hydrogens is 300 g/mol. The van der Waals surface area contributed by atoms with Crippen LogP contribution in [0.15, 0.2) is 28.2 Å². The molecule has 3 heterocycles. The molecule has 1 N–H and O–H groups in total. The minimum absolute atomic E-state index is 0.0525. The fourth-order valence-electron chi connectivity index (χ4n) is 2.84. The molecule has 0 radical (unpaired) electrons. The van der Waals surface area contributed by atoms with Crippen molar-refractivity contribution in [2.24, 2.45) is 5.92 Å². The number of aliphatic hydroxyl groups excluding tert-OH is 1. The van der Waals surface area contributed by atoms with Crippen molar-refractivity contribution in [1.29, 1.82) is 0 Å². The van der Waals surface area contributed by atoms with Gasteiger partial charge in [-0.2, -0.15) is 0 Å². The van der Waals surface area contributed by atoms with Crippen LogP contribution in [-0.2, 0) is 11.2 Å². The van der Waals surface area contributed by atoms with Crippen LogP contribution in [0, 0.1) is 5.92 Å². The van der Waals surface area contributed by atoms with E-state index in [1.165, 1.54) is 0 Å². The largest absolute Gasteiger partial charge is 0.444 e. The average molecular weight is 320 g/mol. The molecule has 0 bridgehead atoms. The topological polar surface area (TPSA) is 66.6 Å². The van der Waals surface area contributed by atoms with Crippen LogP contribution in [0.5, 0.6) is 0 Å². The molecule has 1 saturated heterocycles. The van der Waals surface area contributed by atoms with Crippen LogP contribution >= 0.6 is 11.3 Å². The third-order valence-corrected chi connectivity index (χ3v) is 5.03. The number of piperidine rings is 1. The number of hydrogen-bond acceptors (Lipinski definition) is 5. The summed E-state index contributed by atoms with van der Waals surface area (Å²) in [7, 11) is 0. The van der Waals surface area contributed by atoms with E-state index in [0.29, 0.717) is 18.1 Å². The Morgan fingerprint density at radius 1 is 1.55 bits per heavy atom. The quantitative estimate of drug-likeness (QED) is 0.940. The number of aliphatic hydroxyl groups is 1. The first-order valence-corrected chi connectivity index (χ1v) is 8.44. The number of thiophene rings is 1. The fraction of sp³-hybridized carbons (Fsp3) is 0.500. The predicted molar refractivity (Wildman–Crippen MR) is 84.5 cm³/mol. The maximum absolute atomic E-state index is 12.5. The molecule has 1 fully saturated rings. The van der Waals surface area contributed by atoms with E-state index >= 15 is 0 Å². The monoisotopic (exact) mass is 320 g/mol. The lowest BCUT2D eigenvalue weighted by atomic mass is 9.94. The second-order valence-corrected chi connectivity index (χ2v) is 6.77. The lowest BCUT2D eigenvalue weighted by Crippen LogP contribution is -2.47. The summed E-state index contributed by atoms with van der Waals surface area (Å²) >= 11 is 1.56. The molecule has 6 heteroatoms. The number of carbonyl (C=O) groups is 1. The van der Waals surface area contributed by atoms with Gasteiger partial charge in [-0.15, -0.1) is 11.3 Å². The van der Waals surface area contributed by atoms with Gasteiger partial charge in [0.1, 0.15) is 6.26 Å². The summed E-state index contributed by atoms with van der Waals surface area (Å²) in [5, 5.41) is 11.3. The van der Waals surface area contributed by atoms with Gasteiger partial charge >= 0.3 is 0 Å². The van der Waals surface area contributed by atoms with Crippen molar-refractivity contribution in [3.8, 4) is 10.8 Å². The van der Waals surface area contributed by atoms with E-state index in [9.17, 15) is 9.90 Å². The van der Waals surface area contributed by atoms with Gasteiger partial charge in [0.05, 0.1) is 17.0 Å². The number of likely N-dealkylation sites (tertiary alicyclic amines) is 1. The van der Waals surface area contributed by atoms with Gasteiger partial charge in [0.15, 0.2) is 0 Å². The molecule has 0 saturated carbocycles. The van der Waals surface area contributed by atoms with Crippen LogP contribution in [0.2, 0.25) is 0 Å². The van der Waals surface area contributed by atoms with E-state index in [0.717, 1.165) is 17.7 Å². The maximum atomic E-state index is 12.5. The number of rotatable bonds is 4. The van der Waals surface area contributed by atoms with Crippen molar-refractivity contribution in [2.75, 3.05) is 13.2 Å². The summed E-state index contributed by atoms with van der Waals surface area (Å²) in [5.74, 6) is 0.813. The summed E-state index contributed by atoms with van der Waals surface area (Å²) in [6, 6.07) is 4.11. The minimum atomic E-state index is 0.0525. The number of hydrogen-bond donors (Lipinski definition) is 1. The third kappa shape index (κ3) is 3.23. The lowest BCUT2D eigenvalue weighted by molar-refractivity contribution is -0.135. The van der Waals surface area contributed by atoms with Crippen LogP contribution in [0.1, 0.15) is 25.5 Å². The molecule has 0 aliphatic carbocycles.